The van der Waals surface area contributed by atoms with Crippen molar-refractivity contribution in [1.82, 2.24) is 0 Å². The predicted molar refractivity (Wildman–Crippen MR) is 323 cm³/mol. The van der Waals surface area contributed by atoms with E-state index < -0.39 is 0 Å². The SMILES string of the molecule is c1ccc(-c2ccc3c(-c4ccccc4)c4c(c(-c5ccccc5)c3c2)-c2cccc3c(-c5ccc6c(-c7ccccc7)c7c(c(-c8ccccc8)c6c5)-c5cccc6c(-c8ccccc8)ccc-7c56)ccc-4c23)cc1. The van der Waals surface area contributed by atoms with Gasteiger partial charge in [-0.25, -0.2) is 0 Å². The summed E-state index contributed by atoms with van der Waals surface area (Å²) in [7, 11) is 0. The van der Waals surface area contributed by atoms with E-state index >= 15 is 0 Å². The van der Waals surface area contributed by atoms with Crippen LogP contribution in [0.1, 0.15) is 0 Å². The van der Waals surface area contributed by atoms with Gasteiger partial charge in [-0.2, -0.15) is 0 Å². The Morgan fingerprint density at radius 3 is 0.842 bits per heavy atom. The molecule has 0 heterocycles. The molecule has 14 aromatic carbocycles. The Balaban J connectivity index is 0.985. The molecular weight excluding hydrogens is 913 g/mol. The van der Waals surface area contributed by atoms with Crippen molar-refractivity contribution in [3.63, 3.8) is 0 Å². The van der Waals surface area contributed by atoms with Gasteiger partial charge >= 0.3 is 0 Å². The summed E-state index contributed by atoms with van der Waals surface area (Å²) in [5.74, 6) is 0. The average Bonchev–Trinajstić information content (AvgIpc) is 4.20. The Morgan fingerprint density at radius 2 is 0.434 bits per heavy atom. The quantitative estimate of drug-likeness (QED) is 0.149. The minimum absolute atomic E-state index is 1.20. The van der Waals surface area contributed by atoms with Gasteiger partial charge in [0.25, 0.3) is 0 Å². The first-order valence-corrected chi connectivity index (χ1v) is 26.5. The van der Waals surface area contributed by atoms with E-state index in [0.29, 0.717) is 0 Å². The third-order valence-electron chi connectivity index (χ3n) is 16.5. The molecular formula is C76H46. The zero-order chi connectivity index (χ0) is 49.8. The third-order valence-corrected chi connectivity index (χ3v) is 16.5. The van der Waals surface area contributed by atoms with Gasteiger partial charge in [0.05, 0.1) is 0 Å². The summed E-state index contributed by atoms with van der Waals surface area (Å²) < 4.78 is 0. The maximum Gasteiger partial charge on any atom is -0.000741 e. The molecule has 0 amide bonds. The van der Waals surface area contributed by atoms with Crippen LogP contribution in [0.2, 0.25) is 0 Å². The van der Waals surface area contributed by atoms with Crippen molar-refractivity contribution in [3.05, 3.63) is 279 Å². The molecule has 0 radical (unpaired) electrons. The van der Waals surface area contributed by atoms with Crippen molar-refractivity contribution in [1.29, 1.82) is 0 Å². The van der Waals surface area contributed by atoms with Crippen molar-refractivity contribution in [2.75, 3.05) is 0 Å². The molecule has 2 aliphatic carbocycles. The Labute approximate surface area is 442 Å². The van der Waals surface area contributed by atoms with Crippen LogP contribution < -0.4 is 0 Å². The second-order valence-corrected chi connectivity index (χ2v) is 20.5. The van der Waals surface area contributed by atoms with Crippen LogP contribution in [0.5, 0.6) is 0 Å². The third kappa shape index (κ3) is 6.25. The first kappa shape index (κ1) is 42.6. The van der Waals surface area contributed by atoms with E-state index in [1.165, 1.54) is 165 Å². The lowest BCUT2D eigenvalue weighted by atomic mass is 9.81. The summed E-state index contributed by atoms with van der Waals surface area (Å²) >= 11 is 0. The topological polar surface area (TPSA) is 0 Å². The van der Waals surface area contributed by atoms with E-state index in [2.05, 4.69) is 279 Å². The molecule has 14 aromatic rings. The number of rotatable bonds is 7. The highest BCUT2D eigenvalue weighted by Gasteiger charge is 2.34. The van der Waals surface area contributed by atoms with Crippen molar-refractivity contribution >= 4 is 43.1 Å². The molecule has 0 N–H and O–H groups in total. The minimum atomic E-state index is 1.20. The van der Waals surface area contributed by atoms with Crippen molar-refractivity contribution in [3.8, 4) is 122 Å². The maximum atomic E-state index is 2.51. The van der Waals surface area contributed by atoms with Crippen LogP contribution in [0.25, 0.3) is 165 Å². The lowest BCUT2D eigenvalue weighted by molar-refractivity contribution is 1.61. The first-order valence-electron chi connectivity index (χ1n) is 26.5. The highest BCUT2D eigenvalue weighted by molar-refractivity contribution is 6.31. The minimum Gasteiger partial charge on any atom is -0.0622 e. The number of benzene rings is 14. The lowest BCUT2D eigenvalue weighted by Gasteiger charge is -2.21. The summed E-state index contributed by atoms with van der Waals surface area (Å²) in [6, 6.07) is 104. The molecule has 0 atom stereocenters. The zero-order valence-electron chi connectivity index (χ0n) is 41.6. The van der Waals surface area contributed by atoms with Crippen LogP contribution in [0, 0.1) is 0 Å². The van der Waals surface area contributed by atoms with E-state index in [9.17, 15) is 0 Å². The average molecular weight is 959 g/mol. The second-order valence-electron chi connectivity index (χ2n) is 20.5. The first-order chi connectivity index (χ1) is 37.8. The standard InChI is InChI=1S/C76H46/c1-7-21-47(22-8-1)53-37-39-59-65(45-53)69(51-29-15-5-16-30-51)73-62-36-20-34-58-56(42-44-64(72(58)62)76(73)67(59)49-25-11-3-12-26-49)54-38-40-60-66(46-54)70(52-31-17-6-18-32-52)74-61-35-19-33-57-55(48-23-9-2-10-24-48)41-43-63(71(57)61)75(74)68(60)50-27-13-4-14-28-50/h1-46H. The smallest absolute Gasteiger partial charge is 0.000741 e. The van der Waals surface area contributed by atoms with Gasteiger partial charge in [-0.15, -0.1) is 0 Å². The fraction of sp³-hybridized carbons (Fsp3) is 0. The molecule has 2 aliphatic rings. The van der Waals surface area contributed by atoms with E-state index in [4.69, 9.17) is 0 Å². The van der Waals surface area contributed by atoms with E-state index in [1.807, 2.05) is 0 Å². The molecule has 0 unspecified atom stereocenters. The Hall–Kier alpha value is -9.88. The number of fused-ring (bicyclic) bond motifs is 8. The van der Waals surface area contributed by atoms with Gasteiger partial charge in [-0.1, -0.05) is 267 Å². The van der Waals surface area contributed by atoms with Crippen LogP contribution in [-0.4, -0.2) is 0 Å². The summed E-state index contributed by atoms with van der Waals surface area (Å²) in [6.07, 6.45) is 0. The van der Waals surface area contributed by atoms with Gasteiger partial charge < -0.3 is 0 Å². The van der Waals surface area contributed by atoms with Gasteiger partial charge in [-0.3, -0.25) is 0 Å². The number of hydrogen-bond donors (Lipinski definition) is 0. The molecule has 350 valence electrons. The highest BCUT2D eigenvalue weighted by Crippen LogP contribution is 2.61. The molecule has 0 saturated heterocycles. The molecule has 0 aliphatic heterocycles. The highest BCUT2D eigenvalue weighted by atomic mass is 14.4. The Morgan fingerprint density at radius 1 is 0.132 bits per heavy atom. The number of hydrogen-bond acceptors (Lipinski definition) is 0. The van der Waals surface area contributed by atoms with Crippen molar-refractivity contribution in [2.45, 2.75) is 0 Å². The van der Waals surface area contributed by atoms with Crippen LogP contribution in [-0.2, 0) is 0 Å². The van der Waals surface area contributed by atoms with Gasteiger partial charge in [0, 0.05) is 0 Å². The molecule has 0 heteroatoms. The van der Waals surface area contributed by atoms with Crippen LogP contribution >= 0.6 is 0 Å². The van der Waals surface area contributed by atoms with E-state index in [0.717, 1.165) is 0 Å². The van der Waals surface area contributed by atoms with Gasteiger partial charge in [0.1, 0.15) is 0 Å². The maximum absolute atomic E-state index is 2.51. The Bertz CT molecular complexity index is 4670. The molecule has 0 saturated carbocycles. The Kier molecular flexibility index (Phi) is 9.44. The molecule has 0 spiro atoms. The lowest BCUT2D eigenvalue weighted by Crippen LogP contribution is -1.94. The van der Waals surface area contributed by atoms with Gasteiger partial charge in [0.2, 0.25) is 0 Å². The van der Waals surface area contributed by atoms with Gasteiger partial charge in [0.15, 0.2) is 0 Å². The summed E-state index contributed by atoms with van der Waals surface area (Å²) in [5.41, 5.74) is 27.7. The summed E-state index contributed by atoms with van der Waals surface area (Å²) in [4.78, 5) is 0. The van der Waals surface area contributed by atoms with Crippen molar-refractivity contribution < 1.29 is 0 Å². The predicted octanol–water partition coefficient (Wildman–Crippen LogP) is 21.3. The van der Waals surface area contributed by atoms with Crippen LogP contribution in [0.4, 0.5) is 0 Å². The molecule has 0 fully saturated rings. The van der Waals surface area contributed by atoms with Crippen LogP contribution in [0.3, 0.4) is 0 Å². The molecule has 16 rings (SSSR count). The molecule has 0 aromatic heterocycles. The largest absolute Gasteiger partial charge is 0.0622 e. The summed E-state index contributed by atoms with van der Waals surface area (Å²) in [5, 5.41) is 10.2. The normalized spacial score (nSPS) is 11.9. The second kappa shape index (κ2) is 16.8. The molecule has 76 heavy (non-hydrogen) atoms. The van der Waals surface area contributed by atoms with E-state index in [1.54, 1.807) is 0 Å². The fourth-order valence-corrected chi connectivity index (χ4v) is 13.4. The summed E-state index contributed by atoms with van der Waals surface area (Å²) in [6.45, 7) is 0. The van der Waals surface area contributed by atoms with E-state index in [-0.39, 0.29) is 0 Å². The molecule has 0 bridgehead atoms. The van der Waals surface area contributed by atoms with Crippen molar-refractivity contribution in [2.24, 2.45) is 0 Å². The monoisotopic (exact) mass is 958 g/mol. The van der Waals surface area contributed by atoms with Gasteiger partial charge in [-0.05, 0) is 178 Å². The molecule has 0 nitrogen and oxygen atoms in total. The van der Waals surface area contributed by atoms with Crippen LogP contribution in [0.15, 0.2) is 279 Å². The fourth-order valence-electron chi connectivity index (χ4n) is 13.4. The zero-order valence-corrected chi connectivity index (χ0v) is 41.6.